The third-order valence-electron chi connectivity index (χ3n) is 4.49. The molecule has 1 aliphatic heterocycles. The minimum atomic E-state index is -0.863. The number of nitrogens with one attached hydrogen (secondary N) is 2. The van der Waals surface area contributed by atoms with Gasteiger partial charge in [-0.05, 0) is 31.2 Å². The van der Waals surface area contributed by atoms with Crippen LogP contribution in [0.25, 0.3) is 6.08 Å². The zero-order chi connectivity index (χ0) is 22.3. The molecule has 0 bridgehead atoms. The van der Waals surface area contributed by atoms with Gasteiger partial charge in [-0.1, -0.05) is 30.3 Å². The first-order chi connectivity index (χ1) is 15.6. The van der Waals surface area contributed by atoms with Crippen molar-refractivity contribution in [3.63, 3.8) is 0 Å². The molecule has 2 heterocycles. The zero-order valence-corrected chi connectivity index (χ0v) is 18.1. The first-order valence-corrected chi connectivity index (χ1v) is 10.8. The van der Waals surface area contributed by atoms with Crippen LogP contribution < -0.4 is 25.1 Å². The number of thiazole rings is 1. The Balaban J connectivity index is 1.29. The van der Waals surface area contributed by atoms with Crippen molar-refractivity contribution in [1.29, 1.82) is 0 Å². The monoisotopic (exact) mass is 451 g/mol. The molecule has 0 saturated heterocycles. The Bertz CT molecular complexity index is 1140. The van der Waals surface area contributed by atoms with Gasteiger partial charge in [0, 0.05) is 17.0 Å². The van der Waals surface area contributed by atoms with E-state index in [1.54, 1.807) is 35.6 Å². The maximum absolute atomic E-state index is 12.3. The molecule has 0 fully saturated rings. The molecule has 0 aliphatic carbocycles. The number of carbonyl (C=O) groups excluding carboxylic acids is 2. The van der Waals surface area contributed by atoms with Gasteiger partial charge in [0.05, 0.1) is 10.7 Å². The fourth-order valence-electron chi connectivity index (χ4n) is 2.94. The molecular formula is C23H21N3O5S. The van der Waals surface area contributed by atoms with Gasteiger partial charge < -0.3 is 14.2 Å². The number of ether oxygens (including phenoxy) is 3. The van der Waals surface area contributed by atoms with E-state index in [-0.39, 0.29) is 6.61 Å². The SMILES string of the molecule is Cc1nc(COc2ccccc2/C=C/C(=O)NNC(=O)C2COc3ccccc3O2)cs1. The molecule has 32 heavy (non-hydrogen) atoms. The third kappa shape index (κ3) is 5.44. The second-order valence-corrected chi connectivity index (χ2v) is 7.92. The highest BCUT2D eigenvalue weighted by Crippen LogP contribution is 2.30. The van der Waals surface area contributed by atoms with Crippen molar-refractivity contribution in [2.45, 2.75) is 19.6 Å². The van der Waals surface area contributed by atoms with Gasteiger partial charge in [-0.3, -0.25) is 20.4 Å². The minimum absolute atomic E-state index is 0.0534. The Hall–Kier alpha value is -3.85. The van der Waals surface area contributed by atoms with E-state index < -0.39 is 17.9 Å². The smallest absolute Gasteiger partial charge is 0.283 e. The predicted molar refractivity (Wildman–Crippen MR) is 119 cm³/mol. The van der Waals surface area contributed by atoms with Gasteiger partial charge in [0.15, 0.2) is 11.5 Å². The summed E-state index contributed by atoms with van der Waals surface area (Å²) < 4.78 is 17.0. The van der Waals surface area contributed by atoms with E-state index in [9.17, 15) is 9.59 Å². The lowest BCUT2D eigenvalue weighted by Gasteiger charge is -2.25. The third-order valence-corrected chi connectivity index (χ3v) is 5.31. The second-order valence-electron chi connectivity index (χ2n) is 6.86. The molecule has 8 nitrogen and oxygen atoms in total. The Labute approximate surface area is 188 Å². The Morgan fingerprint density at radius 1 is 1.16 bits per heavy atom. The summed E-state index contributed by atoms with van der Waals surface area (Å²) in [4.78, 5) is 28.8. The van der Waals surface area contributed by atoms with Crippen molar-refractivity contribution >= 4 is 29.2 Å². The van der Waals surface area contributed by atoms with Crippen LogP contribution in [0.4, 0.5) is 0 Å². The molecular weight excluding hydrogens is 430 g/mol. The number of fused-ring (bicyclic) bond motifs is 1. The van der Waals surface area contributed by atoms with Gasteiger partial charge in [-0.2, -0.15) is 0 Å². The summed E-state index contributed by atoms with van der Waals surface area (Å²) in [6, 6.07) is 14.4. The molecule has 1 aromatic heterocycles. The molecule has 1 atom stereocenters. The summed E-state index contributed by atoms with van der Waals surface area (Å²) in [5, 5.41) is 2.92. The Kier molecular flexibility index (Phi) is 6.66. The van der Waals surface area contributed by atoms with E-state index in [4.69, 9.17) is 14.2 Å². The van der Waals surface area contributed by atoms with E-state index in [0.717, 1.165) is 16.3 Å². The summed E-state index contributed by atoms with van der Waals surface area (Å²) >= 11 is 1.56. The maximum atomic E-state index is 12.3. The van der Waals surface area contributed by atoms with Crippen molar-refractivity contribution in [2.75, 3.05) is 6.61 Å². The van der Waals surface area contributed by atoms with E-state index >= 15 is 0 Å². The van der Waals surface area contributed by atoms with Gasteiger partial charge in [-0.25, -0.2) is 4.98 Å². The van der Waals surface area contributed by atoms with Crippen LogP contribution in [0.5, 0.6) is 17.2 Å². The number of aromatic nitrogens is 1. The first kappa shape index (κ1) is 21.4. The number of nitrogens with zero attached hydrogens (tertiary/aromatic N) is 1. The van der Waals surface area contributed by atoms with Crippen molar-refractivity contribution in [3.8, 4) is 17.2 Å². The summed E-state index contributed by atoms with van der Waals surface area (Å²) in [6.07, 6.45) is 2.06. The van der Waals surface area contributed by atoms with Gasteiger partial charge in [0.2, 0.25) is 6.10 Å². The van der Waals surface area contributed by atoms with Gasteiger partial charge in [0.1, 0.15) is 19.0 Å². The lowest BCUT2D eigenvalue weighted by Crippen LogP contribution is -2.50. The van der Waals surface area contributed by atoms with E-state index in [0.29, 0.717) is 23.9 Å². The van der Waals surface area contributed by atoms with Gasteiger partial charge in [0.25, 0.3) is 11.8 Å². The number of amides is 2. The normalized spacial score (nSPS) is 14.7. The molecule has 0 spiro atoms. The van der Waals surface area contributed by atoms with Crippen LogP contribution in [0.15, 0.2) is 60.0 Å². The first-order valence-electron chi connectivity index (χ1n) is 9.88. The number of para-hydroxylation sites is 3. The fraction of sp³-hybridized carbons (Fsp3) is 0.174. The summed E-state index contributed by atoms with van der Waals surface area (Å²) in [7, 11) is 0. The summed E-state index contributed by atoms with van der Waals surface area (Å²) in [5.41, 5.74) is 6.27. The van der Waals surface area contributed by atoms with Gasteiger partial charge >= 0.3 is 0 Å². The van der Waals surface area contributed by atoms with Crippen molar-refractivity contribution in [1.82, 2.24) is 15.8 Å². The Morgan fingerprint density at radius 2 is 1.94 bits per heavy atom. The van der Waals surface area contributed by atoms with Crippen LogP contribution in [-0.2, 0) is 16.2 Å². The Morgan fingerprint density at radius 3 is 2.75 bits per heavy atom. The highest BCUT2D eigenvalue weighted by molar-refractivity contribution is 7.09. The molecule has 164 valence electrons. The predicted octanol–water partition coefficient (Wildman–Crippen LogP) is 3.03. The molecule has 2 aromatic carbocycles. The standard InChI is InChI=1S/C23H21N3O5S/c1-15-24-17(14-32-15)12-29-18-7-3-2-6-16(18)10-11-22(27)25-26-23(28)21-13-30-19-8-4-5-9-20(19)31-21/h2-11,14,21H,12-13H2,1H3,(H,25,27)(H,26,28)/b11-10+. The van der Waals surface area contributed by atoms with Crippen LogP contribution in [-0.4, -0.2) is 29.5 Å². The summed E-state index contributed by atoms with van der Waals surface area (Å²) in [6.45, 7) is 2.33. The molecule has 2 N–H and O–H groups in total. The number of aryl methyl sites for hydroxylation is 1. The zero-order valence-electron chi connectivity index (χ0n) is 17.2. The maximum Gasteiger partial charge on any atom is 0.283 e. The van der Waals surface area contributed by atoms with Crippen LogP contribution in [0.2, 0.25) is 0 Å². The molecule has 0 radical (unpaired) electrons. The lowest BCUT2D eigenvalue weighted by atomic mass is 10.2. The number of carbonyl (C=O) groups is 2. The number of hydrazine groups is 1. The van der Waals surface area contributed by atoms with Crippen LogP contribution in [0.1, 0.15) is 16.3 Å². The van der Waals surface area contributed by atoms with Crippen molar-refractivity contribution < 1.29 is 23.8 Å². The average Bonchev–Trinajstić information content (AvgIpc) is 3.25. The number of benzene rings is 2. The summed E-state index contributed by atoms with van der Waals surface area (Å²) in [5.74, 6) is 0.672. The second kappa shape index (κ2) is 9.97. The molecule has 0 saturated carbocycles. The highest BCUT2D eigenvalue weighted by atomic mass is 32.1. The molecule has 1 unspecified atom stereocenters. The van der Waals surface area contributed by atoms with Gasteiger partial charge in [-0.15, -0.1) is 11.3 Å². The molecule has 4 rings (SSSR count). The highest BCUT2D eigenvalue weighted by Gasteiger charge is 2.27. The van der Waals surface area contributed by atoms with Crippen LogP contribution in [0.3, 0.4) is 0 Å². The van der Waals surface area contributed by atoms with Crippen molar-refractivity contribution in [3.05, 3.63) is 76.3 Å². The van der Waals surface area contributed by atoms with Crippen LogP contribution in [0, 0.1) is 6.92 Å². The topological polar surface area (TPSA) is 98.8 Å². The van der Waals surface area contributed by atoms with E-state index in [1.165, 1.54) is 6.08 Å². The van der Waals surface area contributed by atoms with Crippen molar-refractivity contribution in [2.24, 2.45) is 0 Å². The number of hydrogen-bond donors (Lipinski definition) is 2. The molecule has 2 amide bonds. The number of rotatable bonds is 6. The van der Waals surface area contributed by atoms with E-state index in [2.05, 4.69) is 15.8 Å². The largest absolute Gasteiger partial charge is 0.487 e. The lowest BCUT2D eigenvalue weighted by molar-refractivity contribution is -0.134. The average molecular weight is 452 g/mol. The molecule has 3 aromatic rings. The molecule has 1 aliphatic rings. The van der Waals surface area contributed by atoms with Crippen LogP contribution >= 0.6 is 11.3 Å². The quantitative estimate of drug-likeness (QED) is 0.442. The van der Waals surface area contributed by atoms with E-state index in [1.807, 2.05) is 42.6 Å². The molecule has 9 heteroatoms. The number of hydrogen-bond acceptors (Lipinski definition) is 7. The minimum Gasteiger partial charge on any atom is -0.487 e. The fourth-order valence-corrected chi connectivity index (χ4v) is 3.53.